The van der Waals surface area contributed by atoms with Crippen molar-refractivity contribution in [1.29, 1.82) is 0 Å². The minimum absolute atomic E-state index is 0.147. The van der Waals surface area contributed by atoms with E-state index in [4.69, 9.17) is 21.7 Å². The van der Waals surface area contributed by atoms with E-state index < -0.39 is 0 Å². The molecule has 1 aromatic heterocycles. The van der Waals surface area contributed by atoms with Crippen LogP contribution in [0.3, 0.4) is 0 Å². The minimum Gasteiger partial charge on any atom is -0.379 e. The zero-order chi connectivity index (χ0) is 14.2. The molecule has 0 aliphatic carbocycles. The molecule has 1 aliphatic rings. The summed E-state index contributed by atoms with van der Waals surface area (Å²) in [6.45, 7) is 2.70. The van der Waals surface area contributed by atoms with Crippen LogP contribution in [0.25, 0.3) is 0 Å². The van der Waals surface area contributed by atoms with Crippen molar-refractivity contribution in [2.45, 2.75) is 25.4 Å². The number of aromatic nitrogens is 1. The maximum Gasteiger partial charge on any atom is 0.254 e. The highest BCUT2D eigenvalue weighted by Gasteiger charge is 2.14. The van der Waals surface area contributed by atoms with E-state index in [0.29, 0.717) is 30.0 Å². The molecule has 2 N–H and O–H groups in total. The van der Waals surface area contributed by atoms with Gasteiger partial charge in [0.2, 0.25) is 0 Å². The van der Waals surface area contributed by atoms with Gasteiger partial charge in [-0.2, -0.15) is 0 Å². The smallest absolute Gasteiger partial charge is 0.254 e. The highest BCUT2D eigenvalue weighted by Crippen LogP contribution is 2.11. The molecule has 2 heterocycles. The highest BCUT2D eigenvalue weighted by molar-refractivity contribution is 7.71. The van der Waals surface area contributed by atoms with Crippen molar-refractivity contribution in [3.05, 3.63) is 28.5 Å². The van der Waals surface area contributed by atoms with Gasteiger partial charge in [0, 0.05) is 26.0 Å². The SMILES string of the molecule is O=C(NCCCOCC1CCCO1)c1ccc[nH]c1=S. The Balaban J connectivity index is 1.58. The summed E-state index contributed by atoms with van der Waals surface area (Å²) in [6, 6.07) is 3.47. The van der Waals surface area contributed by atoms with E-state index in [1.54, 1.807) is 18.3 Å². The zero-order valence-electron chi connectivity index (χ0n) is 11.4. The van der Waals surface area contributed by atoms with Crippen LogP contribution in [0.1, 0.15) is 29.6 Å². The molecular formula is C14H20N2O3S. The molecule has 1 saturated heterocycles. The number of carbonyl (C=O) groups is 1. The van der Waals surface area contributed by atoms with E-state index in [1.807, 2.05) is 0 Å². The standard InChI is InChI=1S/C14H20N2O3S/c17-13(12-5-1-6-16-14(12)20)15-7-3-8-18-10-11-4-2-9-19-11/h1,5-6,11H,2-4,7-10H2,(H,15,17)(H,16,20). The molecule has 0 aromatic carbocycles. The molecule has 0 spiro atoms. The molecule has 1 unspecified atom stereocenters. The molecule has 6 heteroatoms. The highest BCUT2D eigenvalue weighted by atomic mass is 32.1. The molecule has 110 valence electrons. The van der Waals surface area contributed by atoms with Crippen LogP contribution in [-0.2, 0) is 9.47 Å². The molecule has 1 fully saturated rings. The molecule has 0 radical (unpaired) electrons. The number of aromatic amines is 1. The van der Waals surface area contributed by atoms with Crippen LogP contribution in [0, 0.1) is 4.64 Å². The number of ether oxygens (including phenoxy) is 2. The number of carbonyl (C=O) groups excluding carboxylic acids is 1. The van der Waals surface area contributed by atoms with Crippen LogP contribution in [0.5, 0.6) is 0 Å². The number of amides is 1. The van der Waals surface area contributed by atoms with Gasteiger partial charge in [-0.3, -0.25) is 4.79 Å². The third kappa shape index (κ3) is 4.70. The van der Waals surface area contributed by atoms with E-state index in [9.17, 15) is 4.79 Å². The van der Waals surface area contributed by atoms with Gasteiger partial charge < -0.3 is 19.8 Å². The summed E-state index contributed by atoms with van der Waals surface area (Å²) in [5.41, 5.74) is 0.503. The van der Waals surface area contributed by atoms with Gasteiger partial charge in [0.25, 0.3) is 5.91 Å². The van der Waals surface area contributed by atoms with Crippen LogP contribution in [0.15, 0.2) is 18.3 Å². The number of rotatable bonds is 7. The Hall–Kier alpha value is -1.24. The fourth-order valence-corrected chi connectivity index (χ4v) is 2.29. The number of hydrogen-bond acceptors (Lipinski definition) is 4. The van der Waals surface area contributed by atoms with Gasteiger partial charge in [-0.1, -0.05) is 12.2 Å². The second-order valence-corrected chi connectivity index (χ2v) is 5.14. The minimum atomic E-state index is -0.147. The topological polar surface area (TPSA) is 63.4 Å². The molecule has 1 amide bonds. The van der Waals surface area contributed by atoms with Crippen molar-refractivity contribution < 1.29 is 14.3 Å². The average molecular weight is 296 g/mol. The van der Waals surface area contributed by atoms with Crippen LogP contribution in [-0.4, -0.2) is 43.4 Å². The average Bonchev–Trinajstić information content (AvgIpc) is 2.96. The predicted octanol–water partition coefficient (Wildman–Crippen LogP) is 2.06. The quantitative estimate of drug-likeness (QED) is 0.597. The molecule has 1 aliphatic heterocycles. The largest absolute Gasteiger partial charge is 0.379 e. The van der Waals surface area contributed by atoms with Crippen LogP contribution >= 0.6 is 12.2 Å². The van der Waals surface area contributed by atoms with E-state index in [1.165, 1.54) is 0 Å². The normalized spacial score (nSPS) is 18.1. The predicted molar refractivity (Wildman–Crippen MR) is 78.4 cm³/mol. The monoisotopic (exact) mass is 296 g/mol. The van der Waals surface area contributed by atoms with Crippen molar-refractivity contribution in [2.24, 2.45) is 0 Å². The van der Waals surface area contributed by atoms with Crippen LogP contribution < -0.4 is 5.32 Å². The molecule has 0 bridgehead atoms. The second kappa shape index (κ2) is 8.14. The number of pyridine rings is 1. The molecule has 5 nitrogen and oxygen atoms in total. The lowest BCUT2D eigenvalue weighted by Gasteiger charge is -2.10. The van der Waals surface area contributed by atoms with Gasteiger partial charge in [0.15, 0.2) is 0 Å². The maximum atomic E-state index is 11.8. The summed E-state index contributed by atoms with van der Waals surface area (Å²) in [7, 11) is 0. The van der Waals surface area contributed by atoms with Crippen molar-refractivity contribution in [2.75, 3.05) is 26.4 Å². The van der Waals surface area contributed by atoms with Crippen LogP contribution in [0.4, 0.5) is 0 Å². The third-order valence-electron chi connectivity index (χ3n) is 3.14. The fourth-order valence-electron chi connectivity index (χ4n) is 2.06. The first-order valence-electron chi connectivity index (χ1n) is 6.92. The number of H-pyrrole nitrogens is 1. The summed E-state index contributed by atoms with van der Waals surface area (Å²) in [5, 5.41) is 2.83. The number of nitrogens with one attached hydrogen (secondary N) is 2. The van der Waals surface area contributed by atoms with Gasteiger partial charge in [0.1, 0.15) is 4.64 Å². The molecule has 1 aromatic rings. The van der Waals surface area contributed by atoms with Crippen molar-refractivity contribution >= 4 is 18.1 Å². The summed E-state index contributed by atoms with van der Waals surface area (Å²) in [6.07, 6.45) is 4.96. The first kappa shape index (κ1) is 15.2. The van der Waals surface area contributed by atoms with Gasteiger partial charge in [-0.15, -0.1) is 0 Å². The lowest BCUT2D eigenvalue weighted by molar-refractivity contribution is 0.0166. The Morgan fingerprint density at radius 2 is 2.50 bits per heavy atom. The fraction of sp³-hybridized carbons (Fsp3) is 0.571. The van der Waals surface area contributed by atoms with E-state index in [2.05, 4.69) is 10.3 Å². The summed E-state index contributed by atoms with van der Waals surface area (Å²) in [5.74, 6) is -0.147. The lowest BCUT2D eigenvalue weighted by atomic mass is 10.2. The molecule has 1 atom stereocenters. The van der Waals surface area contributed by atoms with E-state index in [0.717, 1.165) is 25.9 Å². The molecule has 0 saturated carbocycles. The Kier molecular flexibility index (Phi) is 6.17. The maximum absolute atomic E-state index is 11.8. The van der Waals surface area contributed by atoms with Crippen LogP contribution in [0.2, 0.25) is 0 Å². The third-order valence-corrected chi connectivity index (χ3v) is 3.48. The summed E-state index contributed by atoms with van der Waals surface area (Å²) >= 11 is 5.05. The number of hydrogen-bond donors (Lipinski definition) is 2. The lowest BCUT2D eigenvalue weighted by Crippen LogP contribution is -2.26. The molecule has 20 heavy (non-hydrogen) atoms. The first-order chi connectivity index (χ1) is 9.77. The zero-order valence-corrected chi connectivity index (χ0v) is 12.2. The van der Waals surface area contributed by atoms with E-state index >= 15 is 0 Å². The summed E-state index contributed by atoms with van der Waals surface area (Å²) < 4.78 is 11.4. The van der Waals surface area contributed by atoms with Gasteiger partial charge in [0.05, 0.1) is 18.3 Å². The summed E-state index contributed by atoms with van der Waals surface area (Å²) in [4.78, 5) is 14.7. The first-order valence-corrected chi connectivity index (χ1v) is 7.33. The molecular weight excluding hydrogens is 276 g/mol. The Bertz CT molecular complexity index is 483. The Morgan fingerprint density at radius 1 is 1.60 bits per heavy atom. The Labute approximate surface area is 123 Å². The van der Waals surface area contributed by atoms with Gasteiger partial charge in [-0.05, 0) is 31.4 Å². The van der Waals surface area contributed by atoms with Gasteiger partial charge in [-0.25, -0.2) is 0 Å². The van der Waals surface area contributed by atoms with Crippen molar-refractivity contribution in [3.63, 3.8) is 0 Å². The van der Waals surface area contributed by atoms with E-state index in [-0.39, 0.29) is 12.0 Å². The second-order valence-electron chi connectivity index (χ2n) is 4.73. The van der Waals surface area contributed by atoms with Crippen molar-refractivity contribution in [3.8, 4) is 0 Å². The Morgan fingerprint density at radius 3 is 3.25 bits per heavy atom. The molecule has 2 rings (SSSR count). The van der Waals surface area contributed by atoms with Gasteiger partial charge >= 0.3 is 0 Å². The van der Waals surface area contributed by atoms with Crippen molar-refractivity contribution in [1.82, 2.24) is 10.3 Å².